The first-order valence-corrected chi connectivity index (χ1v) is 15.8. The van der Waals surface area contributed by atoms with Gasteiger partial charge in [-0.15, -0.1) is 23.2 Å². The fraction of sp³-hybridized carbons (Fsp3) is 0.344. The van der Waals surface area contributed by atoms with E-state index in [0.717, 1.165) is 9.80 Å². The summed E-state index contributed by atoms with van der Waals surface area (Å²) in [5.41, 5.74) is 1.96. The molecule has 3 fully saturated rings. The van der Waals surface area contributed by atoms with Crippen molar-refractivity contribution in [2.24, 2.45) is 23.7 Å². The topological polar surface area (TPSA) is 121 Å². The van der Waals surface area contributed by atoms with Crippen LogP contribution in [0.2, 0.25) is 0 Å². The number of amides is 4. The number of benzene rings is 2. The molecule has 2 saturated heterocycles. The lowest BCUT2D eigenvalue weighted by atomic mass is 9.57. The normalized spacial score (nSPS) is 31.2. The first kappa shape index (κ1) is 30.6. The fourth-order valence-corrected chi connectivity index (χ4v) is 8.49. The zero-order valence-corrected chi connectivity index (χ0v) is 26.7. The summed E-state index contributed by atoms with van der Waals surface area (Å²) in [6.07, 6.45) is 5.35. The lowest BCUT2D eigenvalue weighted by Crippen LogP contribution is -2.60. The highest BCUT2D eigenvalue weighted by Gasteiger charge is 2.75. The number of carbonyl (C=O) groups excluding carboxylic acids is 5. The van der Waals surface area contributed by atoms with Crippen LogP contribution in [0.3, 0.4) is 0 Å². The molecule has 4 aliphatic rings. The van der Waals surface area contributed by atoms with Crippen molar-refractivity contribution in [1.29, 1.82) is 0 Å². The van der Waals surface area contributed by atoms with Crippen LogP contribution in [-0.4, -0.2) is 61.7 Å². The molecular weight excluding hydrogens is 675 g/mol. The van der Waals surface area contributed by atoms with Crippen molar-refractivity contribution in [2.45, 2.75) is 29.5 Å². The van der Waals surface area contributed by atoms with E-state index in [-0.39, 0.29) is 41.5 Å². The predicted octanol–water partition coefficient (Wildman–Crippen LogP) is 5.07. The van der Waals surface area contributed by atoms with E-state index in [1.165, 1.54) is 20.1 Å². The molecule has 0 aromatic heterocycles. The molecule has 9 nitrogen and oxygen atoms in total. The number of fused-ring (bicyclic) bond motifs is 4. The van der Waals surface area contributed by atoms with Crippen molar-refractivity contribution in [2.75, 3.05) is 17.5 Å². The second-order valence-corrected chi connectivity index (χ2v) is 13.2. The van der Waals surface area contributed by atoms with Crippen LogP contribution in [0.4, 0.5) is 5.69 Å². The van der Waals surface area contributed by atoms with E-state index in [0.29, 0.717) is 22.4 Å². The maximum absolute atomic E-state index is 14.1. The second kappa shape index (κ2) is 10.9. The third-order valence-electron chi connectivity index (χ3n) is 9.29. The molecule has 0 bridgehead atoms. The molecule has 6 rings (SSSR count). The van der Waals surface area contributed by atoms with Crippen LogP contribution in [0.25, 0.3) is 6.08 Å². The Labute approximate surface area is 271 Å². The third kappa shape index (κ3) is 4.21. The number of phenols is 1. The lowest BCUT2D eigenvalue weighted by Gasteiger charge is -2.49. The molecule has 2 aromatic rings. The molecule has 0 radical (unpaired) electrons. The number of methoxy groups -OCH3 is 1. The van der Waals surface area contributed by atoms with Crippen LogP contribution in [0.5, 0.6) is 11.5 Å². The van der Waals surface area contributed by atoms with Crippen LogP contribution < -0.4 is 9.64 Å². The Hall–Kier alpha value is -3.47. The van der Waals surface area contributed by atoms with Gasteiger partial charge in [-0.25, -0.2) is 0 Å². The van der Waals surface area contributed by atoms with Crippen molar-refractivity contribution in [3.8, 4) is 11.5 Å². The van der Waals surface area contributed by atoms with E-state index in [1.807, 2.05) is 6.08 Å². The summed E-state index contributed by atoms with van der Waals surface area (Å²) >= 11 is 17.6. The molecule has 2 aromatic carbocycles. The van der Waals surface area contributed by atoms with Gasteiger partial charge in [0.25, 0.3) is 11.8 Å². The number of aromatic hydroxyl groups is 1. The number of halogens is 3. The van der Waals surface area contributed by atoms with Crippen molar-refractivity contribution in [3.63, 3.8) is 0 Å². The zero-order chi connectivity index (χ0) is 31.7. The monoisotopic (exact) mass is 700 g/mol. The minimum atomic E-state index is -1.90. The summed E-state index contributed by atoms with van der Waals surface area (Å²) in [5.74, 6) is -5.20. The number of hydrogen-bond acceptors (Lipinski definition) is 7. The van der Waals surface area contributed by atoms with E-state index in [1.54, 1.807) is 48.6 Å². The van der Waals surface area contributed by atoms with Gasteiger partial charge in [0.2, 0.25) is 11.8 Å². The van der Waals surface area contributed by atoms with Gasteiger partial charge in [-0.05, 0) is 67.6 Å². The highest BCUT2D eigenvalue weighted by molar-refractivity contribution is 9.09. The van der Waals surface area contributed by atoms with Gasteiger partial charge in [0.15, 0.2) is 27.0 Å². The van der Waals surface area contributed by atoms with Gasteiger partial charge in [0, 0.05) is 11.5 Å². The fourth-order valence-electron chi connectivity index (χ4n) is 7.11. The number of alkyl halides is 3. The molecular formula is C32H27BrCl2N2O7. The number of carbonyl (C=O) groups is 5. The van der Waals surface area contributed by atoms with Crippen LogP contribution >= 0.6 is 39.1 Å². The smallest absolute Gasteiger partial charge is 0.254 e. The predicted molar refractivity (Wildman–Crippen MR) is 167 cm³/mol. The summed E-state index contributed by atoms with van der Waals surface area (Å²) in [4.78, 5) is 65.3. The molecule has 44 heavy (non-hydrogen) atoms. The van der Waals surface area contributed by atoms with E-state index in [2.05, 4.69) is 15.9 Å². The number of nitrogens with zero attached hydrogens (tertiary/aromatic N) is 2. The minimum absolute atomic E-state index is 0.0496. The number of likely N-dealkylation sites (tertiary alicyclic amines) is 1. The maximum Gasteiger partial charge on any atom is 0.254 e. The summed E-state index contributed by atoms with van der Waals surface area (Å²) in [6.45, 7) is 1.43. The SMILES string of the molecule is COc1cc(C=C[C@H]2C3=CC[C@@H]4C(=O)N(c5ccc(C(C)=O)cc5)C(=O)[C@@H]4[C@@H]3C[C@@]3(Cl)C(=O)N(CBr)C(=O)[C@@]23Cl)ccc1O. The highest BCUT2D eigenvalue weighted by Crippen LogP contribution is 2.63. The molecule has 2 aliphatic heterocycles. The molecule has 4 amide bonds. The Bertz CT molecular complexity index is 1690. The largest absolute Gasteiger partial charge is 0.504 e. The van der Waals surface area contributed by atoms with Gasteiger partial charge in [-0.3, -0.25) is 33.8 Å². The Balaban J connectivity index is 1.44. The van der Waals surface area contributed by atoms with Gasteiger partial charge in [-0.1, -0.05) is 45.8 Å². The van der Waals surface area contributed by atoms with Crippen molar-refractivity contribution >= 4 is 80.3 Å². The van der Waals surface area contributed by atoms with E-state index in [9.17, 15) is 29.1 Å². The molecule has 2 aliphatic carbocycles. The standard InChI is InChI=1S/C32H27BrCl2N2O7/c1-16(38)18-5-7-19(8-6-18)37-27(40)21-10-9-20-22(26(21)28(37)41)14-31(34)29(42)36(15-33)30(43)32(31,35)23(20)11-3-17-4-12-24(39)25(13-17)44-2/h3-9,11-13,21-23,26,39H,10,14-15H2,1-2H3/t21-,22+,23-,26-,31+,32-/m0/s1. The molecule has 0 unspecified atom stereocenters. The summed E-state index contributed by atoms with van der Waals surface area (Å²) in [7, 11) is 1.42. The van der Waals surface area contributed by atoms with Crippen molar-refractivity contribution in [3.05, 3.63) is 71.3 Å². The maximum atomic E-state index is 14.1. The van der Waals surface area contributed by atoms with Crippen molar-refractivity contribution in [1.82, 2.24) is 4.90 Å². The molecule has 12 heteroatoms. The average molecular weight is 702 g/mol. The number of allylic oxidation sites excluding steroid dienone is 3. The summed E-state index contributed by atoms with van der Waals surface area (Å²) < 4.78 is 5.22. The van der Waals surface area contributed by atoms with E-state index in [4.69, 9.17) is 27.9 Å². The van der Waals surface area contributed by atoms with Gasteiger partial charge in [0.1, 0.15) is 0 Å². The number of hydrogen-bond donors (Lipinski definition) is 1. The van der Waals surface area contributed by atoms with Gasteiger partial charge >= 0.3 is 0 Å². The first-order valence-electron chi connectivity index (χ1n) is 13.9. The number of rotatable bonds is 6. The van der Waals surface area contributed by atoms with Crippen LogP contribution in [0.15, 0.2) is 60.2 Å². The van der Waals surface area contributed by atoms with E-state index >= 15 is 0 Å². The molecule has 2 heterocycles. The zero-order valence-electron chi connectivity index (χ0n) is 23.6. The van der Waals surface area contributed by atoms with Crippen LogP contribution in [0, 0.1) is 23.7 Å². The number of ketones is 1. The van der Waals surface area contributed by atoms with E-state index < -0.39 is 51.1 Å². The summed E-state index contributed by atoms with van der Waals surface area (Å²) in [5, 5.41) is 10.0. The lowest BCUT2D eigenvalue weighted by molar-refractivity contribution is -0.138. The quantitative estimate of drug-likeness (QED) is 0.147. The van der Waals surface area contributed by atoms with Gasteiger partial charge in [-0.2, -0.15) is 0 Å². The Morgan fingerprint density at radius 3 is 2.41 bits per heavy atom. The minimum Gasteiger partial charge on any atom is -0.504 e. The van der Waals surface area contributed by atoms with Gasteiger partial charge in [0.05, 0.1) is 30.1 Å². The summed E-state index contributed by atoms with van der Waals surface area (Å²) in [6, 6.07) is 11.0. The first-order chi connectivity index (χ1) is 20.9. The molecule has 0 spiro atoms. The molecule has 1 N–H and O–H groups in total. The number of anilines is 1. The Morgan fingerprint density at radius 1 is 1.07 bits per heavy atom. The molecule has 1 saturated carbocycles. The number of phenolic OH excluding ortho intramolecular Hbond substituents is 1. The molecule has 6 atom stereocenters. The third-order valence-corrected chi connectivity index (χ3v) is 11.2. The number of Topliss-reactive ketones (excluding diaryl/α,β-unsaturated/α-hetero) is 1. The number of imide groups is 2. The van der Waals surface area contributed by atoms with Crippen LogP contribution in [-0.2, 0) is 19.2 Å². The van der Waals surface area contributed by atoms with Crippen LogP contribution in [0.1, 0.15) is 35.7 Å². The van der Waals surface area contributed by atoms with Crippen molar-refractivity contribution < 1.29 is 33.8 Å². The highest BCUT2D eigenvalue weighted by atomic mass is 79.9. The average Bonchev–Trinajstić information content (AvgIpc) is 3.34. The van der Waals surface area contributed by atoms with Gasteiger partial charge < -0.3 is 9.84 Å². The number of ether oxygens (including phenoxy) is 1. The Morgan fingerprint density at radius 2 is 1.77 bits per heavy atom. The second-order valence-electron chi connectivity index (χ2n) is 11.4. The Kier molecular flexibility index (Phi) is 7.54. The molecule has 228 valence electrons.